The van der Waals surface area contributed by atoms with Crippen molar-refractivity contribution in [1.82, 2.24) is 0 Å². The van der Waals surface area contributed by atoms with Crippen LogP contribution in [-0.2, 0) is 11.0 Å². The molecule has 0 aromatic heterocycles. The number of rotatable bonds is 2. The van der Waals surface area contributed by atoms with Crippen LogP contribution in [0.3, 0.4) is 0 Å². The van der Waals surface area contributed by atoms with Gasteiger partial charge in [-0.2, -0.15) is 13.2 Å². The van der Waals surface area contributed by atoms with Gasteiger partial charge in [0.05, 0.1) is 5.56 Å². The maximum Gasteiger partial charge on any atom is 0.417 e. The maximum atomic E-state index is 12.9. The Bertz CT molecular complexity index is 779. The summed E-state index contributed by atoms with van der Waals surface area (Å²) in [4.78, 5) is 12.2. The molecule has 1 aliphatic rings. The Kier molecular flexibility index (Phi) is 4.40. The molecular formula is C16H11BrF3NO3. The van der Waals surface area contributed by atoms with Crippen LogP contribution in [-0.4, -0.2) is 18.6 Å². The van der Waals surface area contributed by atoms with Crippen LogP contribution in [0.2, 0.25) is 0 Å². The minimum absolute atomic E-state index is 0.0223. The van der Waals surface area contributed by atoms with E-state index < -0.39 is 23.8 Å². The third kappa shape index (κ3) is 3.48. The SMILES string of the molecule is O=C(Nc1ccc(Br)c(C(F)(F)F)c1)[C@H]1COc2ccccc2O1. The van der Waals surface area contributed by atoms with Crippen LogP contribution in [0.4, 0.5) is 18.9 Å². The maximum absolute atomic E-state index is 12.9. The molecule has 0 saturated heterocycles. The summed E-state index contributed by atoms with van der Waals surface area (Å²) in [6.45, 7) is -0.0223. The fourth-order valence-corrected chi connectivity index (χ4v) is 2.66. The summed E-state index contributed by atoms with van der Waals surface area (Å²) in [5.74, 6) is 0.347. The Morgan fingerprint density at radius 2 is 1.88 bits per heavy atom. The Hall–Kier alpha value is -2.22. The molecule has 24 heavy (non-hydrogen) atoms. The van der Waals surface area contributed by atoms with Gasteiger partial charge in [-0.05, 0) is 30.3 Å². The smallest absolute Gasteiger partial charge is 0.417 e. The van der Waals surface area contributed by atoms with Crippen molar-refractivity contribution >= 4 is 27.5 Å². The van der Waals surface area contributed by atoms with Crippen LogP contribution < -0.4 is 14.8 Å². The molecular weight excluding hydrogens is 391 g/mol. The number of alkyl halides is 3. The van der Waals surface area contributed by atoms with Gasteiger partial charge in [0.2, 0.25) is 6.10 Å². The van der Waals surface area contributed by atoms with Crippen LogP contribution in [0.5, 0.6) is 11.5 Å². The van der Waals surface area contributed by atoms with Crippen molar-refractivity contribution < 1.29 is 27.4 Å². The van der Waals surface area contributed by atoms with Gasteiger partial charge < -0.3 is 14.8 Å². The highest BCUT2D eigenvalue weighted by Crippen LogP contribution is 2.36. The zero-order valence-corrected chi connectivity index (χ0v) is 13.6. The van der Waals surface area contributed by atoms with E-state index in [4.69, 9.17) is 9.47 Å². The summed E-state index contributed by atoms with van der Waals surface area (Å²) in [5, 5.41) is 2.42. The first-order chi connectivity index (χ1) is 11.3. The third-order valence-corrected chi connectivity index (χ3v) is 4.03. The van der Waals surface area contributed by atoms with Gasteiger partial charge in [0.15, 0.2) is 11.5 Å². The topological polar surface area (TPSA) is 47.6 Å². The highest BCUT2D eigenvalue weighted by atomic mass is 79.9. The summed E-state index contributed by atoms with van der Waals surface area (Å²) in [5.41, 5.74) is -0.843. The van der Waals surface area contributed by atoms with Gasteiger partial charge in [0.25, 0.3) is 5.91 Å². The monoisotopic (exact) mass is 401 g/mol. The number of hydrogen-bond acceptors (Lipinski definition) is 3. The van der Waals surface area contributed by atoms with Gasteiger partial charge in [-0.15, -0.1) is 0 Å². The average Bonchev–Trinajstić information content (AvgIpc) is 2.55. The molecule has 1 N–H and O–H groups in total. The molecule has 0 radical (unpaired) electrons. The highest BCUT2D eigenvalue weighted by Gasteiger charge is 2.34. The fourth-order valence-electron chi connectivity index (χ4n) is 2.19. The number of amides is 1. The second kappa shape index (κ2) is 6.35. The molecule has 3 rings (SSSR count). The minimum atomic E-state index is -4.52. The van der Waals surface area contributed by atoms with E-state index in [2.05, 4.69) is 21.2 Å². The first kappa shape index (κ1) is 16.6. The molecule has 0 spiro atoms. The molecule has 0 unspecified atom stereocenters. The normalized spacial score (nSPS) is 16.6. The first-order valence-electron chi connectivity index (χ1n) is 6.90. The van der Waals surface area contributed by atoms with E-state index in [1.165, 1.54) is 12.1 Å². The third-order valence-electron chi connectivity index (χ3n) is 3.34. The molecule has 8 heteroatoms. The van der Waals surface area contributed by atoms with E-state index >= 15 is 0 Å². The number of hydrogen-bond donors (Lipinski definition) is 1. The fraction of sp³-hybridized carbons (Fsp3) is 0.188. The molecule has 1 amide bonds. The lowest BCUT2D eigenvalue weighted by atomic mass is 10.2. The lowest BCUT2D eigenvalue weighted by molar-refractivity contribution is -0.138. The molecule has 1 aliphatic heterocycles. The zero-order valence-electron chi connectivity index (χ0n) is 12.1. The zero-order chi connectivity index (χ0) is 17.3. The van der Waals surface area contributed by atoms with Gasteiger partial charge in [0, 0.05) is 10.2 Å². The van der Waals surface area contributed by atoms with Crippen molar-refractivity contribution in [1.29, 1.82) is 0 Å². The van der Waals surface area contributed by atoms with Crippen LogP contribution in [0.1, 0.15) is 5.56 Å². The van der Waals surface area contributed by atoms with Crippen LogP contribution in [0.25, 0.3) is 0 Å². The summed E-state index contributed by atoms with van der Waals surface area (Å²) >= 11 is 2.85. The second-order valence-electron chi connectivity index (χ2n) is 5.05. The van der Waals surface area contributed by atoms with E-state index in [9.17, 15) is 18.0 Å². The summed E-state index contributed by atoms with van der Waals surface area (Å²) < 4.78 is 49.5. The van der Waals surface area contributed by atoms with Gasteiger partial charge in [-0.25, -0.2) is 0 Å². The van der Waals surface area contributed by atoms with E-state index in [0.29, 0.717) is 11.5 Å². The van der Waals surface area contributed by atoms with E-state index in [1.807, 2.05) is 0 Å². The molecule has 0 fully saturated rings. The van der Waals surface area contributed by atoms with E-state index in [0.717, 1.165) is 6.07 Å². The van der Waals surface area contributed by atoms with Gasteiger partial charge >= 0.3 is 6.18 Å². The summed E-state index contributed by atoms with van der Waals surface area (Å²) in [7, 11) is 0. The van der Waals surface area contributed by atoms with Crippen molar-refractivity contribution in [3.8, 4) is 11.5 Å². The second-order valence-corrected chi connectivity index (χ2v) is 5.90. The lowest BCUT2D eigenvalue weighted by Crippen LogP contribution is -2.40. The van der Waals surface area contributed by atoms with Gasteiger partial charge in [0.1, 0.15) is 6.61 Å². The number of carbonyl (C=O) groups is 1. The van der Waals surface area contributed by atoms with Gasteiger partial charge in [-0.1, -0.05) is 28.1 Å². The highest BCUT2D eigenvalue weighted by molar-refractivity contribution is 9.10. The Morgan fingerprint density at radius 3 is 2.58 bits per heavy atom. The van der Waals surface area contributed by atoms with E-state index in [1.54, 1.807) is 24.3 Å². The quantitative estimate of drug-likeness (QED) is 0.818. The predicted octanol–water partition coefficient (Wildman–Crippen LogP) is 4.25. The molecule has 1 heterocycles. The number of fused-ring (bicyclic) bond motifs is 1. The lowest BCUT2D eigenvalue weighted by Gasteiger charge is -2.25. The number of nitrogens with one attached hydrogen (secondary N) is 1. The van der Waals surface area contributed by atoms with Gasteiger partial charge in [-0.3, -0.25) is 4.79 Å². The van der Waals surface area contributed by atoms with Crippen LogP contribution in [0, 0.1) is 0 Å². The van der Waals surface area contributed by atoms with Crippen molar-refractivity contribution in [2.24, 2.45) is 0 Å². The number of para-hydroxylation sites is 2. The Morgan fingerprint density at radius 1 is 1.17 bits per heavy atom. The predicted molar refractivity (Wildman–Crippen MR) is 84.1 cm³/mol. The molecule has 2 aromatic carbocycles. The largest absolute Gasteiger partial charge is 0.485 e. The standard InChI is InChI=1S/C16H11BrF3NO3/c17-11-6-5-9(7-10(11)16(18,19)20)21-15(22)14-8-23-12-3-1-2-4-13(12)24-14/h1-7,14H,8H2,(H,21,22)/t14-/m1/s1. The molecule has 126 valence electrons. The van der Waals surface area contributed by atoms with Crippen molar-refractivity contribution in [2.75, 3.05) is 11.9 Å². The molecule has 0 aliphatic carbocycles. The number of carbonyl (C=O) groups excluding carboxylic acids is 1. The molecule has 1 atom stereocenters. The molecule has 4 nitrogen and oxygen atoms in total. The summed E-state index contributed by atoms with van der Waals surface area (Å²) in [6.07, 6.45) is -5.47. The number of anilines is 1. The number of benzene rings is 2. The Labute approximate surface area is 143 Å². The van der Waals surface area contributed by atoms with Crippen molar-refractivity contribution in [3.63, 3.8) is 0 Å². The molecule has 2 aromatic rings. The molecule has 0 bridgehead atoms. The van der Waals surface area contributed by atoms with Crippen LogP contribution >= 0.6 is 15.9 Å². The van der Waals surface area contributed by atoms with Crippen LogP contribution in [0.15, 0.2) is 46.9 Å². The number of halogens is 4. The van der Waals surface area contributed by atoms with Crippen molar-refractivity contribution in [2.45, 2.75) is 12.3 Å². The summed E-state index contributed by atoms with van der Waals surface area (Å²) in [6, 6.07) is 10.3. The average molecular weight is 402 g/mol. The first-order valence-corrected chi connectivity index (χ1v) is 7.70. The van der Waals surface area contributed by atoms with E-state index in [-0.39, 0.29) is 16.8 Å². The minimum Gasteiger partial charge on any atom is -0.485 e. The Balaban J connectivity index is 1.74. The molecule has 0 saturated carbocycles. The number of ether oxygens (including phenoxy) is 2. The van der Waals surface area contributed by atoms with Crippen molar-refractivity contribution in [3.05, 3.63) is 52.5 Å².